The van der Waals surface area contributed by atoms with Crippen molar-refractivity contribution in [1.82, 2.24) is 9.62 Å². The van der Waals surface area contributed by atoms with Crippen molar-refractivity contribution in [3.8, 4) is 0 Å². The number of nitrogens with one attached hydrogen (secondary N) is 1. The molecular weight excluding hydrogens is 367 g/mol. The summed E-state index contributed by atoms with van der Waals surface area (Å²) in [6, 6.07) is 5.65. The molecule has 1 saturated heterocycles. The lowest BCUT2D eigenvalue weighted by Gasteiger charge is -2.34. The SMILES string of the molecule is CSNC1CCN(CCC(C)(C(=O)O)c2ccc(Cl)c(Cl)c2)CC1. The molecule has 1 heterocycles. The zero-order valence-electron chi connectivity index (χ0n) is 14.0. The molecule has 0 saturated carbocycles. The van der Waals surface area contributed by atoms with Gasteiger partial charge in [-0.1, -0.05) is 41.2 Å². The third-order valence-corrected chi connectivity index (χ3v) is 6.14. The van der Waals surface area contributed by atoms with Crippen molar-refractivity contribution in [2.45, 2.75) is 37.6 Å². The number of carbonyl (C=O) groups is 1. The quantitative estimate of drug-likeness (QED) is 0.687. The minimum Gasteiger partial charge on any atom is -0.481 e. The zero-order valence-corrected chi connectivity index (χ0v) is 16.3. The number of rotatable bonds is 7. The van der Waals surface area contributed by atoms with Gasteiger partial charge in [0.15, 0.2) is 0 Å². The highest BCUT2D eigenvalue weighted by molar-refractivity contribution is 7.96. The summed E-state index contributed by atoms with van der Waals surface area (Å²) in [6.45, 7) is 4.51. The summed E-state index contributed by atoms with van der Waals surface area (Å²) in [4.78, 5) is 14.3. The van der Waals surface area contributed by atoms with Crippen molar-refractivity contribution in [1.29, 1.82) is 0 Å². The fourth-order valence-corrected chi connectivity index (χ4v) is 3.90. The molecule has 1 fully saturated rings. The van der Waals surface area contributed by atoms with Gasteiger partial charge in [-0.3, -0.25) is 9.52 Å². The Morgan fingerprint density at radius 2 is 2.04 bits per heavy atom. The van der Waals surface area contributed by atoms with Gasteiger partial charge in [-0.15, -0.1) is 0 Å². The van der Waals surface area contributed by atoms with Gasteiger partial charge < -0.3 is 10.0 Å². The van der Waals surface area contributed by atoms with Crippen LogP contribution in [-0.4, -0.2) is 47.9 Å². The molecular formula is C17H24Cl2N2O2S. The first kappa shape index (κ1) is 19.9. The molecule has 2 rings (SSSR count). The summed E-state index contributed by atoms with van der Waals surface area (Å²) >= 11 is 13.7. The van der Waals surface area contributed by atoms with E-state index in [0.29, 0.717) is 28.1 Å². The third-order valence-electron chi connectivity index (χ3n) is 4.83. The van der Waals surface area contributed by atoms with Crippen LogP contribution >= 0.6 is 35.1 Å². The monoisotopic (exact) mass is 390 g/mol. The lowest BCUT2D eigenvalue weighted by Crippen LogP contribution is -2.43. The van der Waals surface area contributed by atoms with Crippen molar-refractivity contribution < 1.29 is 9.90 Å². The summed E-state index contributed by atoms with van der Waals surface area (Å²) in [5, 5.41) is 10.6. The average Bonchev–Trinajstić information content (AvgIpc) is 2.56. The van der Waals surface area contributed by atoms with Crippen LogP contribution in [0.5, 0.6) is 0 Å². The van der Waals surface area contributed by atoms with Gasteiger partial charge in [-0.25, -0.2) is 0 Å². The lowest BCUT2D eigenvalue weighted by atomic mass is 9.79. The Morgan fingerprint density at radius 3 is 2.58 bits per heavy atom. The highest BCUT2D eigenvalue weighted by Gasteiger charge is 2.36. The molecule has 0 spiro atoms. The first-order valence-corrected chi connectivity index (χ1v) is 10.0. The summed E-state index contributed by atoms with van der Waals surface area (Å²) in [7, 11) is 0. The summed E-state index contributed by atoms with van der Waals surface area (Å²) in [5.74, 6) is -0.833. The van der Waals surface area contributed by atoms with Crippen molar-refractivity contribution in [3.05, 3.63) is 33.8 Å². The molecule has 1 aliphatic rings. The first-order valence-electron chi connectivity index (χ1n) is 8.06. The largest absolute Gasteiger partial charge is 0.481 e. The average molecular weight is 391 g/mol. The number of piperidine rings is 1. The van der Waals surface area contributed by atoms with Gasteiger partial charge in [-0.2, -0.15) is 0 Å². The van der Waals surface area contributed by atoms with Crippen molar-refractivity contribution in [2.75, 3.05) is 25.9 Å². The maximum atomic E-state index is 11.9. The van der Waals surface area contributed by atoms with Gasteiger partial charge in [0.05, 0.1) is 15.5 Å². The second-order valence-corrected chi connectivity index (χ2v) is 7.91. The zero-order chi connectivity index (χ0) is 17.7. The van der Waals surface area contributed by atoms with Crippen LogP contribution in [0, 0.1) is 0 Å². The number of nitrogens with zero attached hydrogens (tertiary/aromatic N) is 1. The van der Waals surface area contributed by atoms with E-state index in [1.165, 1.54) is 0 Å². The molecule has 0 aliphatic carbocycles. The van der Waals surface area contributed by atoms with E-state index in [9.17, 15) is 9.90 Å². The minimum absolute atomic E-state index is 0.394. The Kier molecular flexibility index (Phi) is 7.25. The predicted molar refractivity (Wildman–Crippen MR) is 102 cm³/mol. The number of carboxylic acids is 1. The van der Waals surface area contributed by atoms with Crippen LogP contribution in [0.25, 0.3) is 0 Å². The maximum absolute atomic E-state index is 11.9. The maximum Gasteiger partial charge on any atom is 0.313 e. The lowest BCUT2D eigenvalue weighted by molar-refractivity contribution is -0.143. The van der Waals surface area contributed by atoms with E-state index < -0.39 is 11.4 Å². The van der Waals surface area contributed by atoms with Gasteiger partial charge >= 0.3 is 5.97 Å². The molecule has 1 unspecified atom stereocenters. The number of hydrogen-bond acceptors (Lipinski definition) is 4. The number of hydrogen-bond donors (Lipinski definition) is 2. The van der Waals surface area contributed by atoms with E-state index in [1.54, 1.807) is 37.1 Å². The highest BCUT2D eigenvalue weighted by Crippen LogP contribution is 2.33. The molecule has 2 N–H and O–H groups in total. The Morgan fingerprint density at radius 1 is 1.38 bits per heavy atom. The van der Waals surface area contributed by atoms with Gasteiger partial charge in [-0.05, 0) is 69.8 Å². The molecule has 1 aliphatic heterocycles. The molecule has 1 atom stereocenters. The summed E-state index contributed by atoms with van der Waals surface area (Å²) < 4.78 is 3.40. The fourth-order valence-electron chi connectivity index (χ4n) is 3.04. The fraction of sp³-hybridized carbons (Fsp3) is 0.588. The molecule has 24 heavy (non-hydrogen) atoms. The Labute approximate surface area is 158 Å². The molecule has 134 valence electrons. The van der Waals surface area contributed by atoms with Gasteiger partial charge in [0, 0.05) is 6.04 Å². The Balaban J connectivity index is 2.01. The molecule has 7 heteroatoms. The van der Waals surface area contributed by atoms with Crippen LogP contribution in [0.1, 0.15) is 31.7 Å². The van der Waals surface area contributed by atoms with Crippen molar-refractivity contribution in [2.24, 2.45) is 0 Å². The number of aliphatic carboxylic acids is 1. The van der Waals surface area contributed by atoms with Crippen LogP contribution in [0.15, 0.2) is 18.2 Å². The van der Waals surface area contributed by atoms with Gasteiger partial charge in [0.2, 0.25) is 0 Å². The van der Waals surface area contributed by atoms with E-state index in [1.807, 2.05) is 6.26 Å². The topological polar surface area (TPSA) is 52.6 Å². The Bertz CT molecular complexity index is 580. The van der Waals surface area contributed by atoms with Crippen LogP contribution in [0.2, 0.25) is 10.0 Å². The van der Waals surface area contributed by atoms with Crippen LogP contribution in [0.3, 0.4) is 0 Å². The van der Waals surface area contributed by atoms with Gasteiger partial charge in [0.25, 0.3) is 0 Å². The number of carboxylic acid groups (broad SMARTS) is 1. The van der Waals surface area contributed by atoms with Crippen LogP contribution in [0.4, 0.5) is 0 Å². The van der Waals surface area contributed by atoms with E-state index >= 15 is 0 Å². The van der Waals surface area contributed by atoms with E-state index in [-0.39, 0.29) is 0 Å². The molecule has 0 aromatic heterocycles. The van der Waals surface area contributed by atoms with Crippen LogP contribution in [-0.2, 0) is 10.2 Å². The second kappa shape index (κ2) is 8.77. The van der Waals surface area contributed by atoms with E-state index in [4.69, 9.17) is 23.2 Å². The number of benzene rings is 1. The second-order valence-electron chi connectivity index (χ2n) is 6.45. The normalized spacial score (nSPS) is 19.2. The molecule has 0 amide bonds. The Hall–Kier alpha value is -0.460. The first-order chi connectivity index (χ1) is 11.4. The number of halogens is 2. The molecule has 1 aromatic carbocycles. The standard InChI is InChI=1S/C17H24Cl2N2O2S/c1-17(16(22)23,12-3-4-14(18)15(19)11-12)7-10-21-8-5-13(6-9-21)20-24-2/h3-4,11,13,20H,5-10H2,1-2H3,(H,22,23). The molecule has 4 nitrogen and oxygen atoms in total. The van der Waals surface area contributed by atoms with E-state index in [0.717, 1.165) is 32.5 Å². The smallest absolute Gasteiger partial charge is 0.313 e. The number of likely N-dealkylation sites (tertiary alicyclic amines) is 1. The van der Waals surface area contributed by atoms with Crippen molar-refractivity contribution >= 4 is 41.1 Å². The van der Waals surface area contributed by atoms with Crippen molar-refractivity contribution in [3.63, 3.8) is 0 Å². The highest BCUT2D eigenvalue weighted by atomic mass is 35.5. The molecule has 0 bridgehead atoms. The van der Waals surface area contributed by atoms with Crippen LogP contribution < -0.4 is 4.72 Å². The minimum atomic E-state index is -0.970. The predicted octanol–water partition coefficient (Wildman–Crippen LogP) is 4.06. The summed E-state index contributed by atoms with van der Waals surface area (Å²) in [5.41, 5.74) is -0.272. The summed E-state index contributed by atoms with van der Waals surface area (Å²) in [6.07, 6.45) is 4.78. The third kappa shape index (κ3) is 4.79. The van der Waals surface area contributed by atoms with E-state index in [2.05, 4.69) is 9.62 Å². The molecule has 1 aromatic rings. The van der Waals surface area contributed by atoms with Gasteiger partial charge in [0.1, 0.15) is 0 Å². The molecule has 0 radical (unpaired) electrons.